The van der Waals surface area contributed by atoms with Gasteiger partial charge in [0.25, 0.3) is 5.91 Å². The number of carbonyl (C=O) groups excluding carboxylic acids is 2. The third-order valence-corrected chi connectivity index (χ3v) is 4.08. The van der Waals surface area contributed by atoms with Gasteiger partial charge in [-0.1, -0.05) is 32.9 Å². The third kappa shape index (κ3) is 3.43. The number of rotatable bonds is 2. The minimum atomic E-state index is 0.0267. The second kappa shape index (κ2) is 5.88. The summed E-state index contributed by atoms with van der Waals surface area (Å²) in [4.78, 5) is 27.0. The molecule has 1 fully saturated rings. The Bertz CT molecular complexity index is 538. The zero-order valence-electron chi connectivity index (χ0n) is 13.3. The lowest BCUT2D eigenvalue weighted by Gasteiger charge is -2.33. The highest BCUT2D eigenvalue weighted by molar-refractivity contribution is 5.96. The molecule has 1 heterocycles. The molecule has 0 N–H and O–H groups in total. The Labute approximate surface area is 126 Å². The van der Waals surface area contributed by atoms with Crippen LogP contribution in [0.4, 0.5) is 0 Å². The van der Waals surface area contributed by atoms with Crippen LogP contribution in [0.5, 0.6) is 0 Å². The van der Waals surface area contributed by atoms with Crippen molar-refractivity contribution in [1.29, 1.82) is 0 Å². The number of carbonyl (C=O) groups is 2. The molecule has 4 heteroatoms. The molecule has 2 amide bonds. The van der Waals surface area contributed by atoms with Gasteiger partial charge in [0.05, 0.1) is 0 Å². The molecule has 1 aliphatic rings. The molecule has 0 bridgehead atoms. The number of nitrogens with zero attached hydrogens (tertiary/aromatic N) is 2. The van der Waals surface area contributed by atoms with Crippen LogP contribution in [0.3, 0.4) is 0 Å². The van der Waals surface area contributed by atoms with Crippen molar-refractivity contribution in [3.63, 3.8) is 0 Å². The van der Waals surface area contributed by atoms with Gasteiger partial charge < -0.3 is 9.80 Å². The number of piperazine rings is 1. The van der Waals surface area contributed by atoms with Gasteiger partial charge in [0.2, 0.25) is 6.41 Å². The van der Waals surface area contributed by atoms with Gasteiger partial charge in [-0.05, 0) is 29.5 Å². The van der Waals surface area contributed by atoms with E-state index in [0.29, 0.717) is 26.2 Å². The summed E-state index contributed by atoms with van der Waals surface area (Å²) in [6.07, 6.45) is 0.854. The van der Waals surface area contributed by atoms with Gasteiger partial charge in [0.15, 0.2) is 0 Å². The molecule has 1 aromatic carbocycles. The average Bonchev–Trinajstić information content (AvgIpc) is 2.46. The van der Waals surface area contributed by atoms with E-state index in [1.165, 1.54) is 5.56 Å². The lowest BCUT2D eigenvalue weighted by Crippen LogP contribution is -2.48. The first-order valence-electron chi connectivity index (χ1n) is 7.42. The quantitative estimate of drug-likeness (QED) is 0.783. The lowest BCUT2D eigenvalue weighted by molar-refractivity contribution is -0.119. The van der Waals surface area contributed by atoms with E-state index in [-0.39, 0.29) is 11.3 Å². The Morgan fingerprint density at radius 3 is 2.29 bits per heavy atom. The second-order valence-corrected chi connectivity index (χ2v) is 6.71. The van der Waals surface area contributed by atoms with Gasteiger partial charge in [-0.3, -0.25) is 9.59 Å². The van der Waals surface area contributed by atoms with E-state index in [1.54, 1.807) is 4.90 Å². The highest BCUT2D eigenvalue weighted by Gasteiger charge is 2.24. The van der Waals surface area contributed by atoms with Crippen molar-refractivity contribution in [2.45, 2.75) is 33.1 Å². The second-order valence-electron chi connectivity index (χ2n) is 6.71. The average molecular weight is 288 g/mol. The summed E-state index contributed by atoms with van der Waals surface area (Å²) in [5.41, 5.74) is 2.98. The van der Waals surface area contributed by atoms with Crippen LogP contribution in [0.15, 0.2) is 18.2 Å². The first-order chi connectivity index (χ1) is 9.82. The number of hydrogen-bond donors (Lipinski definition) is 0. The smallest absolute Gasteiger partial charge is 0.254 e. The fourth-order valence-corrected chi connectivity index (χ4v) is 2.52. The van der Waals surface area contributed by atoms with E-state index in [0.717, 1.165) is 17.5 Å². The van der Waals surface area contributed by atoms with Crippen molar-refractivity contribution in [3.05, 3.63) is 34.9 Å². The molecule has 1 saturated heterocycles. The Morgan fingerprint density at radius 2 is 1.76 bits per heavy atom. The van der Waals surface area contributed by atoms with Crippen LogP contribution in [-0.2, 0) is 10.2 Å². The first-order valence-corrected chi connectivity index (χ1v) is 7.42. The molecule has 21 heavy (non-hydrogen) atoms. The summed E-state index contributed by atoms with van der Waals surface area (Å²) in [5.74, 6) is 0.0733. The van der Waals surface area contributed by atoms with Crippen molar-refractivity contribution in [3.8, 4) is 0 Å². The van der Waals surface area contributed by atoms with Crippen molar-refractivity contribution in [2.75, 3.05) is 26.2 Å². The summed E-state index contributed by atoms with van der Waals surface area (Å²) >= 11 is 0. The summed E-state index contributed by atoms with van der Waals surface area (Å²) < 4.78 is 0. The molecule has 1 aliphatic heterocycles. The van der Waals surface area contributed by atoms with E-state index >= 15 is 0 Å². The summed E-state index contributed by atoms with van der Waals surface area (Å²) in [5, 5.41) is 0. The SMILES string of the molecule is Cc1ccc(C(C)(C)C)cc1C(=O)N1CCN(C=O)CC1. The summed E-state index contributed by atoms with van der Waals surface area (Å²) in [7, 11) is 0. The highest BCUT2D eigenvalue weighted by Crippen LogP contribution is 2.25. The maximum absolute atomic E-state index is 12.7. The van der Waals surface area contributed by atoms with Crippen LogP contribution in [0, 0.1) is 6.92 Å². The zero-order chi connectivity index (χ0) is 15.6. The maximum Gasteiger partial charge on any atom is 0.254 e. The standard InChI is InChI=1S/C17H24N2O2/c1-13-5-6-14(17(2,3)4)11-15(13)16(21)19-9-7-18(12-20)8-10-19/h5-6,11-12H,7-10H2,1-4H3. The summed E-state index contributed by atoms with van der Waals surface area (Å²) in [6, 6.07) is 6.13. The zero-order valence-corrected chi connectivity index (χ0v) is 13.3. The van der Waals surface area contributed by atoms with Gasteiger partial charge >= 0.3 is 0 Å². The van der Waals surface area contributed by atoms with E-state index in [9.17, 15) is 9.59 Å². The van der Waals surface area contributed by atoms with Crippen LogP contribution in [0.25, 0.3) is 0 Å². The lowest BCUT2D eigenvalue weighted by atomic mass is 9.85. The van der Waals surface area contributed by atoms with E-state index in [1.807, 2.05) is 24.0 Å². The minimum Gasteiger partial charge on any atom is -0.342 e. The molecular weight excluding hydrogens is 264 g/mol. The predicted molar refractivity (Wildman–Crippen MR) is 83.4 cm³/mol. The topological polar surface area (TPSA) is 40.6 Å². The van der Waals surface area contributed by atoms with Crippen LogP contribution in [-0.4, -0.2) is 48.3 Å². The monoisotopic (exact) mass is 288 g/mol. The molecule has 0 spiro atoms. The van der Waals surface area contributed by atoms with E-state index in [2.05, 4.69) is 26.8 Å². The largest absolute Gasteiger partial charge is 0.342 e. The Morgan fingerprint density at radius 1 is 1.14 bits per heavy atom. The Balaban J connectivity index is 2.21. The fraction of sp³-hybridized carbons (Fsp3) is 0.529. The molecule has 0 atom stereocenters. The molecule has 0 aromatic heterocycles. The van der Waals surface area contributed by atoms with Crippen molar-refractivity contribution in [2.24, 2.45) is 0 Å². The van der Waals surface area contributed by atoms with Crippen LogP contribution in [0.2, 0.25) is 0 Å². The van der Waals surface area contributed by atoms with E-state index < -0.39 is 0 Å². The molecule has 0 saturated carbocycles. The minimum absolute atomic E-state index is 0.0267. The number of hydrogen-bond acceptors (Lipinski definition) is 2. The third-order valence-electron chi connectivity index (χ3n) is 4.08. The maximum atomic E-state index is 12.7. The number of aryl methyl sites for hydroxylation is 1. The van der Waals surface area contributed by atoms with Gasteiger partial charge in [0.1, 0.15) is 0 Å². The molecule has 0 aliphatic carbocycles. The number of amides is 2. The van der Waals surface area contributed by atoms with Gasteiger partial charge in [-0.25, -0.2) is 0 Å². The molecule has 2 rings (SSSR count). The van der Waals surface area contributed by atoms with Crippen molar-refractivity contribution < 1.29 is 9.59 Å². The highest BCUT2D eigenvalue weighted by atomic mass is 16.2. The van der Waals surface area contributed by atoms with Crippen molar-refractivity contribution >= 4 is 12.3 Å². The molecule has 1 aromatic rings. The van der Waals surface area contributed by atoms with E-state index in [4.69, 9.17) is 0 Å². The fourth-order valence-electron chi connectivity index (χ4n) is 2.52. The molecule has 0 radical (unpaired) electrons. The van der Waals surface area contributed by atoms with Gasteiger partial charge in [0, 0.05) is 31.7 Å². The Hall–Kier alpha value is -1.84. The van der Waals surface area contributed by atoms with Crippen LogP contribution in [0.1, 0.15) is 42.3 Å². The molecule has 0 unspecified atom stereocenters. The Kier molecular flexibility index (Phi) is 4.35. The van der Waals surface area contributed by atoms with Gasteiger partial charge in [-0.15, -0.1) is 0 Å². The molecule has 114 valence electrons. The molecular formula is C17H24N2O2. The summed E-state index contributed by atoms with van der Waals surface area (Å²) in [6.45, 7) is 10.9. The molecule has 4 nitrogen and oxygen atoms in total. The van der Waals surface area contributed by atoms with Crippen LogP contribution < -0.4 is 0 Å². The normalized spacial score (nSPS) is 16.0. The first kappa shape index (κ1) is 15.5. The predicted octanol–water partition coefficient (Wildman–Crippen LogP) is 2.21. The van der Waals surface area contributed by atoms with Crippen LogP contribution >= 0.6 is 0 Å². The number of benzene rings is 1. The van der Waals surface area contributed by atoms with Crippen molar-refractivity contribution in [1.82, 2.24) is 9.80 Å². The van der Waals surface area contributed by atoms with Gasteiger partial charge in [-0.2, -0.15) is 0 Å².